The van der Waals surface area contributed by atoms with Crippen LogP contribution in [0.2, 0.25) is 0 Å². The van der Waals surface area contributed by atoms with Crippen LogP contribution in [0.4, 0.5) is 0 Å². The highest BCUT2D eigenvalue weighted by Crippen LogP contribution is 2.48. The van der Waals surface area contributed by atoms with Crippen molar-refractivity contribution in [3.63, 3.8) is 0 Å². The molecule has 2 heterocycles. The van der Waals surface area contributed by atoms with Crippen LogP contribution in [0.25, 0.3) is 17.1 Å². The van der Waals surface area contributed by atoms with Gasteiger partial charge in [0.1, 0.15) is 0 Å². The molecule has 2 amide bonds. The minimum absolute atomic E-state index is 0.0332. The van der Waals surface area contributed by atoms with E-state index in [1.165, 1.54) is 11.1 Å². The first kappa shape index (κ1) is 28.2. The number of thioether (sulfide) groups is 1. The number of nitrogens with zero attached hydrogens (tertiary/aromatic N) is 5. The van der Waals surface area contributed by atoms with Crippen LogP contribution in [0.5, 0.6) is 0 Å². The molecule has 0 spiro atoms. The molecule has 3 unspecified atom stereocenters. The molecule has 0 radical (unpaired) electrons. The molecule has 3 atom stereocenters. The second kappa shape index (κ2) is 12.5. The van der Waals surface area contributed by atoms with Crippen LogP contribution in [0.3, 0.4) is 0 Å². The lowest BCUT2D eigenvalue weighted by Gasteiger charge is -2.40. The van der Waals surface area contributed by atoms with Crippen LogP contribution in [0, 0.1) is 12.8 Å². The van der Waals surface area contributed by atoms with E-state index in [-0.39, 0.29) is 23.8 Å². The van der Waals surface area contributed by atoms with Crippen molar-refractivity contribution < 1.29 is 9.59 Å². The van der Waals surface area contributed by atoms with Gasteiger partial charge in [-0.2, -0.15) is 0 Å². The van der Waals surface area contributed by atoms with Crippen molar-refractivity contribution in [1.29, 1.82) is 0 Å². The summed E-state index contributed by atoms with van der Waals surface area (Å²) < 4.78 is 2.11. The average molecular weight is 580 g/mol. The maximum Gasteiger partial charge on any atom is 0.226 e. The molecule has 7 nitrogen and oxygen atoms in total. The normalized spacial score (nSPS) is 20.0. The minimum atomic E-state index is 0.0332. The van der Waals surface area contributed by atoms with E-state index in [4.69, 9.17) is 0 Å². The van der Waals surface area contributed by atoms with Gasteiger partial charge in [-0.15, -0.1) is 10.2 Å². The maximum atomic E-state index is 13.2. The fourth-order valence-electron chi connectivity index (χ4n) is 5.94. The van der Waals surface area contributed by atoms with E-state index >= 15 is 0 Å². The molecule has 0 bridgehead atoms. The number of aryl methyl sites for hydroxylation is 1. The Bertz CT molecular complexity index is 1540. The lowest BCUT2D eigenvalue weighted by atomic mass is 10.1. The Balaban J connectivity index is 1.02. The number of piperazine rings is 1. The quantitative estimate of drug-likeness (QED) is 0.180. The number of benzene rings is 3. The molecule has 3 aromatic carbocycles. The third-order valence-electron chi connectivity index (χ3n) is 8.29. The predicted octanol–water partition coefficient (Wildman–Crippen LogP) is 5.98. The third-order valence-corrected chi connectivity index (χ3v) is 9.31. The molecule has 42 heavy (non-hydrogen) atoms. The topological polar surface area (TPSA) is 71.3 Å². The number of amides is 2. The number of hydrogen-bond donors (Lipinski definition) is 0. The van der Waals surface area contributed by atoms with Crippen LogP contribution < -0.4 is 0 Å². The summed E-state index contributed by atoms with van der Waals surface area (Å²) in [6.45, 7) is 5.96. The van der Waals surface area contributed by atoms with E-state index < -0.39 is 0 Å². The third kappa shape index (κ3) is 6.14. The molecule has 8 heteroatoms. The first-order chi connectivity index (χ1) is 20.5. The van der Waals surface area contributed by atoms with Gasteiger partial charge in [-0.25, -0.2) is 0 Å². The van der Waals surface area contributed by atoms with Gasteiger partial charge in [-0.3, -0.25) is 14.2 Å². The van der Waals surface area contributed by atoms with Crippen LogP contribution in [0.15, 0.2) is 90.1 Å². The highest BCUT2D eigenvalue weighted by atomic mass is 32.2. The molecule has 216 valence electrons. The Labute approximate surface area is 251 Å². The summed E-state index contributed by atoms with van der Waals surface area (Å²) >= 11 is 1.63. The summed E-state index contributed by atoms with van der Waals surface area (Å²) in [6, 6.07) is 28.8. The van der Waals surface area contributed by atoms with Crippen molar-refractivity contribution in [3.05, 3.63) is 96.1 Å². The molecule has 2 aliphatic rings. The fourth-order valence-corrected chi connectivity index (χ4v) is 6.83. The summed E-state index contributed by atoms with van der Waals surface area (Å²) in [5, 5.41) is 9.88. The minimum Gasteiger partial charge on any atom is -0.339 e. The molecule has 6 rings (SSSR count). The first-order valence-corrected chi connectivity index (χ1v) is 15.8. The number of aromatic nitrogens is 3. The Morgan fingerprint density at radius 2 is 1.69 bits per heavy atom. The van der Waals surface area contributed by atoms with E-state index in [9.17, 15) is 9.59 Å². The van der Waals surface area contributed by atoms with Crippen molar-refractivity contribution >= 4 is 23.6 Å². The molecular weight excluding hydrogens is 542 g/mol. The molecule has 1 aliphatic carbocycles. The van der Waals surface area contributed by atoms with Gasteiger partial charge in [0.25, 0.3) is 0 Å². The second-order valence-corrected chi connectivity index (χ2v) is 12.4. The lowest BCUT2D eigenvalue weighted by molar-refractivity contribution is -0.143. The van der Waals surface area contributed by atoms with Crippen LogP contribution in [-0.4, -0.2) is 67.8 Å². The largest absolute Gasteiger partial charge is 0.339 e. The van der Waals surface area contributed by atoms with E-state index in [0.29, 0.717) is 32.0 Å². The fraction of sp³-hybridized carbons (Fsp3) is 0.353. The molecule has 2 fully saturated rings. The number of hydrogen-bond acceptors (Lipinski definition) is 5. The summed E-state index contributed by atoms with van der Waals surface area (Å²) in [6.07, 6.45) is 2.16. The van der Waals surface area contributed by atoms with Crippen LogP contribution in [-0.2, 0) is 9.59 Å². The Kier molecular flexibility index (Phi) is 8.42. The van der Waals surface area contributed by atoms with Crippen molar-refractivity contribution in [3.8, 4) is 17.1 Å². The van der Waals surface area contributed by atoms with Gasteiger partial charge in [-0.05, 0) is 55.9 Å². The monoisotopic (exact) mass is 579 g/mol. The molecule has 1 aliphatic heterocycles. The Hall–Kier alpha value is -3.91. The highest BCUT2D eigenvalue weighted by Gasteiger charge is 2.47. The number of rotatable bonds is 9. The summed E-state index contributed by atoms with van der Waals surface area (Å²) in [7, 11) is 0. The zero-order valence-electron chi connectivity index (χ0n) is 24.2. The van der Waals surface area contributed by atoms with E-state index in [0.717, 1.165) is 40.8 Å². The van der Waals surface area contributed by atoms with Crippen molar-refractivity contribution in [1.82, 2.24) is 24.6 Å². The number of carbonyl (C=O) groups excluding carboxylic acids is 2. The Morgan fingerprint density at radius 3 is 2.43 bits per heavy atom. The summed E-state index contributed by atoms with van der Waals surface area (Å²) in [4.78, 5) is 30.3. The molecule has 1 aromatic heterocycles. The average Bonchev–Trinajstić information content (AvgIpc) is 3.71. The SMILES string of the molecule is Cc1cccc(-n2c(SCCCC(=O)N3CCN(C(=O)C4CC4c4ccccc4)C(C)C3)nnc2-c2ccccc2)c1. The zero-order valence-corrected chi connectivity index (χ0v) is 25.0. The van der Waals surface area contributed by atoms with Crippen molar-refractivity contribution in [2.75, 3.05) is 25.4 Å². The standard InChI is InChI=1S/C34H37N5O2S/c1-24-11-9-16-28(21-24)39-32(27-14-7-4-8-15-27)35-36-34(39)42-20-10-17-31(40)37-18-19-38(25(2)23-37)33(41)30-22-29(30)26-12-5-3-6-13-26/h3-9,11-16,21,25,29-30H,10,17-20,22-23H2,1-2H3. The molecule has 0 N–H and O–H groups in total. The Morgan fingerprint density at radius 1 is 0.929 bits per heavy atom. The lowest BCUT2D eigenvalue weighted by Crippen LogP contribution is -2.55. The highest BCUT2D eigenvalue weighted by molar-refractivity contribution is 7.99. The molecular formula is C34H37N5O2S. The first-order valence-electron chi connectivity index (χ1n) is 14.8. The van der Waals surface area contributed by atoms with E-state index in [1.807, 2.05) is 64.4 Å². The van der Waals surface area contributed by atoms with Gasteiger partial charge in [0.2, 0.25) is 11.8 Å². The zero-order chi connectivity index (χ0) is 29.1. The second-order valence-electron chi connectivity index (χ2n) is 11.4. The summed E-state index contributed by atoms with van der Waals surface area (Å²) in [5.74, 6) is 2.39. The van der Waals surface area contributed by atoms with Gasteiger partial charge in [0, 0.05) is 55.0 Å². The van der Waals surface area contributed by atoms with Gasteiger partial charge in [0.05, 0.1) is 0 Å². The van der Waals surface area contributed by atoms with Crippen molar-refractivity contribution in [2.24, 2.45) is 5.92 Å². The molecule has 4 aromatic rings. The smallest absolute Gasteiger partial charge is 0.226 e. The van der Waals surface area contributed by atoms with Crippen LogP contribution in [0.1, 0.15) is 43.2 Å². The number of carbonyl (C=O) groups is 2. The van der Waals surface area contributed by atoms with Gasteiger partial charge < -0.3 is 9.80 Å². The van der Waals surface area contributed by atoms with Gasteiger partial charge >= 0.3 is 0 Å². The molecule has 1 saturated carbocycles. The van der Waals surface area contributed by atoms with Gasteiger partial charge in [-0.1, -0.05) is 84.6 Å². The molecule has 1 saturated heterocycles. The summed E-state index contributed by atoms with van der Waals surface area (Å²) in [5.41, 5.74) is 4.47. The predicted molar refractivity (Wildman–Crippen MR) is 167 cm³/mol. The van der Waals surface area contributed by atoms with Gasteiger partial charge in [0.15, 0.2) is 11.0 Å². The van der Waals surface area contributed by atoms with E-state index in [2.05, 4.69) is 58.9 Å². The van der Waals surface area contributed by atoms with Crippen molar-refractivity contribution in [2.45, 2.75) is 50.2 Å². The van der Waals surface area contributed by atoms with Crippen LogP contribution >= 0.6 is 11.8 Å². The van der Waals surface area contributed by atoms with E-state index in [1.54, 1.807) is 11.8 Å². The maximum absolute atomic E-state index is 13.2.